The van der Waals surface area contributed by atoms with Crippen LogP contribution in [0.5, 0.6) is 0 Å². The predicted molar refractivity (Wildman–Crippen MR) is 146 cm³/mol. The highest BCUT2D eigenvalue weighted by atomic mass is 16.6. The molecule has 0 saturated heterocycles. The summed E-state index contributed by atoms with van der Waals surface area (Å²) in [7, 11) is 0. The highest BCUT2D eigenvalue weighted by Crippen LogP contribution is 2.27. The predicted octanol–water partition coefficient (Wildman–Crippen LogP) is 4.98. The number of para-hydroxylation sites is 1. The summed E-state index contributed by atoms with van der Waals surface area (Å²) in [6, 6.07) is 16.5. The topological polar surface area (TPSA) is 121 Å². The highest BCUT2D eigenvalue weighted by Gasteiger charge is 2.39. The van der Waals surface area contributed by atoms with Crippen molar-refractivity contribution in [3.8, 4) is 0 Å². The highest BCUT2D eigenvalue weighted by molar-refractivity contribution is 5.92. The van der Waals surface area contributed by atoms with Crippen LogP contribution in [0.4, 0.5) is 4.79 Å². The molecule has 2 unspecified atom stereocenters. The number of hydrogen-bond acceptors (Lipinski definition) is 4. The summed E-state index contributed by atoms with van der Waals surface area (Å²) in [4.78, 5) is 41.8. The van der Waals surface area contributed by atoms with E-state index in [1.165, 1.54) is 0 Å². The first-order valence-corrected chi connectivity index (χ1v) is 13.3. The summed E-state index contributed by atoms with van der Waals surface area (Å²) in [6.07, 6.45) is 5.25. The molecule has 1 heterocycles. The van der Waals surface area contributed by atoms with Gasteiger partial charge in [0.1, 0.15) is 11.6 Å². The molecule has 2 amide bonds. The van der Waals surface area contributed by atoms with Gasteiger partial charge in [0.05, 0.1) is 6.42 Å². The Balaban J connectivity index is 1.57. The first kappa shape index (κ1) is 27.2. The van der Waals surface area contributed by atoms with E-state index in [1.807, 2.05) is 60.8 Å². The van der Waals surface area contributed by atoms with Gasteiger partial charge in [-0.15, -0.1) is 0 Å². The van der Waals surface area contributed by atoms with Crippen LogP contribution in [0.3, 0.4) is 0 Å². The summed E-state index contributed by atoms with van der Waals surface area (Å²) in [5, 5.41) is 16.2. The van der Waals surface area contributed by atoms with Gasteiger partial charge in [-0.25, -0.2) is 4.79 Å². The molecule has 1 aliphatic carbocycles. The van der Waals surface area contributed by atoms with Gasteiger partial charge in [0, 0.05) is 29.6 Å². The number of aromatic nitrogens is 1. The zero-order valence-corrected chi connectivity index (χ0v) is 22.0. The molecule has 0 radical (unpaired) electrons. The summed E-state index contributed by atoms with van der Waals surface area (Å²) in [5.74, 6) is -1.21. The largest absolute Gasteiger partial charge is 0.481 e. The maximum atomic E-state index is 13.8. The van der Waals surface area contributed by atoms with E-state index in [2.05, 4.69) is 22.5 Å². The van der Waals surface area contributed by atoms with Crippen molar-refractivity contribution in [2.24, 2.45) is 5.92 Å². The Morgan fingerprint density at radius 2 is 1.79 bits per heavy atom. The molecule has 4 N–H and O–H groups in total. The number of carboxylic acids is 1. The number of aliphatic carboxylic acids is 1. The van der Waals surface area contributed by atoms with Crippen molar-refractivity contribution >= 4 is 28.9 Å². The lowest BCUT2D eigenvalue weighted by molar-refractivity contribution is -0.138. The van der Waals surface area contributed by atoms with Crippen LogP contribution in [0.15, 0.2) is 60.8 Å². The van der Waals surface area contributed by atoms with Gasteiger partial charge in [-0.3, -0.25) is 9.59 Å². The van der Waals surface area contributed by atoms with Crippen LogP contribution in [-0.2, 0) is 27.2 Å². The molecule has 3 aromatic rings. The second kappa shape index (κ2) is 12.2. The standard InChI is InChI=1S/C30H37N3O5/c1-20-10-6-9-15-26(20)38-29(37)33-30(2,18-22-19-31-25-14-8-7-13-24(22)25)28(36)32-23(17-27(34)35)16-21-11-4-3-5-12-21/h3-5,7-8,11-14,19-20,23,26,31H,6,9-10,15-18H2,1-2H3,(H,32,36)(H,33,37)(H,34,35)/t20?,23-,26?,30+/m1/s1. The molecule has 4 rings (SSSR count). The van der Waals surface area contributed by atoms with E-state index in [1.54, 1.807) is 6.92 Å². The van der Waals surface area contributed by atoms with E-state index >= 15 is 0 Å². The minimum atomic E-state index is -1.38. The normalized spacial score (nSPS) is 19.7. The van der Waals surface area contributed by atoms with Gasteiger partial charge in [0.15, 0.2) is 0 Å². The van der Waals surface area contributed by atoms with Crippen LogP contribution < -0.4 is 10.6 Å². The third kappa shape index (κ3) is 6.94. The van der Waals surface area contributed by atoms with Crippen molar-refractivity contribution in [2.45, 2.75) is 76.5 Å². The molecule has 2 aromatic carbocycles. The van der Waals surface area contributed by atoms with Gasteiger partial charge in [-0.2, -0.15) is 0 Å². The molecule has 0 bridgehead atoms. The number of rotatable bonds is 10. The second-order valence-corrected chi connectivity index (χ2v) is 10.7. The van der Waals surface area contributed by atoms with Gasteiger partial charge in [0.25, 0.3) is 0 Å². The zero-order valence-electron chi connectivity index (χ0n) is 22.0. The van der Waals surface area contributed by atoms with Gasteiger partial charge < -0.3 is 25.5 Å². The average Bonchev–Trinajstić information content (AvgIpc) is 3.28. The Labute approximate surface area is 223 Å². The number of benzene rings is 2. The fourth-order valence-electron chi connectivity index (χ4n) is 5.32. The Bertz CT molecular complexity index is 1260. The molecule has 8 nitrogen and oxygen atoms in total. The number of alkyl carbamates (subject to hydrolysis) is 1. The first-order valence-electron chi connectivity index (χ1n) is 13.3. The van der Waals surface area contributed by atoms with Crippen LogP contribution >= 0.6 is 0 Å². The average molecular weight is 520 g/mol. The van der Waals surface area contributed by atoms with Gasteiger partial charge >= 0.3 is 12.1 Å². The number of fused-ring (bicyclic) bond motifs is 1. The molecular formula is C30H37N3O5. The molecule has 1 aliphatic rings. The molecule has 202 valence electrons. The smallest absolute Gasteiger partial charge is 0.408 e. The van der Waals surface area contributed by atoms with E-state index in [0.29, 0.717) is 6.42 Å². The number of aromatic amines is 1. The fourth-order valence-corrected chi connectivity index (χ4v) is 5.32. The summed E-state index contributed by atoms with van der Waals surface area (Å²) < 4.78 is 5.79. The van der Waals surface area contributed by atoms with Crippen molar-refractivity contribution in [3.05, 3.63) is 71.9 Å². The van der Waals surface area contributed by atoms with Crippen molar-refractivity contribution in [3.63, 3.8) is 0 Å². The maximum Gasteiger partial charge on any atom is 0.408 e. The number of ether oxygens (including phenoxy) is 1. The molecule has 1 saturated carbocycles. The summed E-state index contributed by atoms with van der Waals surface area (Å²) >= 11 is 0. The summed E-state index contributed by atoms with van der Waals surface area (Å²) in [5.41, 5.74) is 1.32. The van der Waals surface area contributed by atoms with E-state index in [0.717, 1.165) is 47.7 Å². The molecular weight excluding hydrogens is 482 g/mol. The zero-order chi connectivity index (χ0) is 27.1. The Kier molecular flexibility index (Phi) is 8.71. The third-order valence-corrected chi connectivity index (χ3v) is 7.47. The lowest BCUT2D eigenvalue weighted by Crippen LogP contribution is -2.60. The van der Waals surface area contributed by atoms with Crippen LogP contribution in [0.1, 0.15) is 57.1 Å². The molecule has 1 aromatic heterocycles. The third-order valence-electron chi connectivity index (χ3n) is 7.47. The van der Waals surface area contributed by atoms with Crippen LogP contribution in [0, 0.1) is 5.92 Å². The number of carbonyl (C=O) groups is 3. The van der Waals surface area contributed by atoms with Crippen LogP contribution in [0.2, 0.25) is 0 Å². The van der Waals surface area contributed by atoms with Crippen molar-refractivity contribution in [2.75, 3.05) is 0 Å². The van der Waals surface area contributed by atoms with Crippen molar-refractivity contribution in [1.82, 2.24) is 15.6 Å². The fraction of sp³-hybridized carbons (Fsp3) is 0.433. The Morgan fingerprint density at radius 1 is 1.08 bits per heavy atom. The maximum absolute atomic E-state index is 13.8. The number of carbonyl (C=O) groups excluding carboxylic acids is 2. The van der Waals surface area contributed by atoms with E-state index in [4.69, 9.17) is 4.74 Å². The quantitative estimate of drug-likeness (QED) is 0.301. The molecule has 38 heavy (non-hydrogen) atoms. The number of hydrogen-bond donors (Lipinski definition) is 4. The van der Waals surface area contributed by atoms with Gasteiger partial charge in [-0.05, 0) is 55.7 Å². The lowest BCUT2D eigenvalue weighted by atomic mass is 9.88. The monoisotopic (exact) mass is 519 g/mol. The first-order chi connectivity index (χ1) is 18.2. The minimum Gasteiger partial charge on any atom is -0.481 e. The van der Waals surface area contributed by atoms with Crippen molar-refractivity contribution in [1.29, 1.82) is 0 Å². The minimum absolute atomic E-state index is 0.193. The van der Waals surface area contributed by atoms with Gasteiger partial charge in [-0.1, -0.05) is 61.9 Å². The lowest BCUT2D eigenvalue weighted by Gasteiger charge is -2.33. The molecule has 4 atom stereocenters. The Hall–Kier alpha value is -3.81. The SMILES string of the molecule is CC1CCCCC1OC(=O)N[C@@](C)(Cc1c[nH]c2ccccc12)C(=O)N[C@@H](CC(=O)O)Cc1ccccc1. The number of H-pyrrole nitrogens is 1. The molecule has 0 spiro atoms. The molecule has 8 heteroatoms. The number of amides is 2. The van der Waals surface area contributed by atoms with E-state index < -0.39 is 29.6 Å². The van der Waals surface area contributed by atoms with Crippen molar-refractivity contribution < 1.29 is 24.2 Å². The molecule has 1 fully saturated rings. The van der Waals surface area contributed by atoms with Crippen LogP contribution in [-0.4, -0.2) is 45.7 Å². The van der Waals surface area contributed by atoms with Gasteiger partial charge in [0.2, 0.25) is 5.91 Å². The second-order valence-electron chi connectivity index (χ2n) is 10.7. The number of nitrogens with one attached hydrogen (secondary N) is 3. The van der Waals surface area contributed by atoms with E-state index in [9.17, 15) is 19.5 Å². The summed E-state index contributed by atoms with van der Waals surface area (Å²) in [6.45, 7) is 3.74. The van der Waals surface area contributed by atoms with E-state index in [-0.39, 0.29) is 24.9 Å². The van der Waals surface area contributed by atoms with Crippen LogP contribution in [0.25, 0.3) is 10.9 Å². The molecule has 0 aliphatic heterocycles. The Morgan fingerprint density at radius 3 is 2.53 bits per heavy atom. The number of carboxylic acid groups (broad SMARTS) is 1.